The fraction of sp³-hybridized carbons (Fsp3) is 0.273. The third-order valence-electron chi connectivity index (χ3n) is 1.81. The molecule has 12 heavy (non-hydrogen) atoms. The minimum atomic E-state index is 0.865. The molecule has 0 N–H and O–H groups in total. The van der Waals surface area contributed by atoms with Crippen molar-refractivity contribution >= 4 is 0 Å². The van der Waals surface area contributed by atoms with Crippen LogP contribution in [0.5, 0.6) is 5.75 Å². The van der Waals surface area contributed by atoms with E-state index in [9.17, 15) is 0 Å². The Balaban J connectivity index is 3.01. The molecule has 0 aliphatic rings. The second-order valence-corrected chi connectivity index (χ2v) is 2.81. The molecule has 0 atom stereocenters. The highest BCUT2D eigenvalue weighted by molar-refractivity contribution is 5.38. The Morgan fingerprint density at radius 2 is 2.25 bits per heavy atom. The molecule has 1 nitrogen and oxygen atoms in total. The minimum absolute atomic E-state index is 0.865. The van der Waals surface area contributed by atoms with E-state index >= 15 is 0 Å². The lowest BCUT2D eigenvalue weighted by Gasteiger charge is -2.06. The molecule has 0 bridgehead atoms. The van der Waals surface area contributed by atoms with E-state index in [2.05, 4.69) is 25.6 Å². The van der Waals surface area contributed by atoms with Crippen molar-refractivity contribution in [2.75, 3.05) is 7.11 Å². The first-order valence-electron chi connectivity index (χ1n) is 4.02. The van der Waals surface area contributed by atoms with Crippen LogP contribution in [0.25, 0.3) is 0 Å². The van der Waals surface area contributed by atoms with Crippen molar-refractivity contribution in [1.82, 2.24) is 0 Å². The number of ether oxygens (including phenoxy) is 1. The van der Waals surface area contributed by atoms with Gasteiger partial charge in [0.15, 0.2) is 0 Å². The molecule has 0 spiro atoms. The number of allylic oxidation sites excluding steroid dienone is 1. The lowest BCUT2D eigenvalue weighted by molar-refractivity contribution is 0.410. The largest absolute Gasteiger partial charge is 0.496 e. The van der Waals surface area contributed by atoms with Gasteiger partial charge in [0.2, 0.25) is 0 Å². The summed E-state index contributed by atoms with van der Waals surface area (Å²) in [5, 5.41) is 0. The summed E-state index contributed by atoms with van der Waals surface area (Å²) in [4.78, 5) is 0. The smallest absolute Gasteiger partial charge is 0.122 e. The van der Waals surface area contributed by atoms with Crippen LogP contribution in [0.4, 0.5) is 0 Å². The molecule has 0 aliphatic carbocycles. The Labute approximate surface area is 73.7 Å². The van der Waals surface area contributed by atoms with Crippen molar-refractivity contribution in [3.05, 3.63) is 42.0 Å². The number of hydrogen-bond donors (Lipinski definition) is 0. The van der Waals surface area contributed by atoms with Gasteiger partial charge in [-0.2, -0.15) is 0 Å². The number of benzene rings is 1. The van der Waals surface area contributed by atoms with Gasteiger partial charge in [0.1, 0.15) is 5.75 Å². The summed E-state index contributed by atoms with van der Waals surface area (Å²) in [5.41, 5.74) is 2.41. The summed E-state index contributed by atoms with van der Waals surface area (Å²) in [5.74, 6) is 0.954. The Hall–Kier alpha value is -1.24. The van der Waals surface area contributed by atoms with Crippen LogP contribution >= 0.6 is 0 Å². The van der Waals surface area contributed by atoms with E-state index in [1.54, 1.807) is 7.11 Å². The van der Waals surface area contributed by atoms with Gasteiger partial charge in [0.05, 0.1) is 7.11 Å². The Morgan fingerprint density at radius 1 is 1.50 bits per heavy atom. The molecule has 0 saturated carbocycles. The molecular weight excluding hydrogens is 148 g/mol. The summed E-state index contributed by atoms with van der Waals surface area (Å²) >= 11 is 0. The predicted octanol–water partition coefficient (Wildman–Crippen LogP) is 2.73. The van der Waals surface area contributed by atoms with Crippen molar-refractivity contribution < 1.29 is 4.74 Å². The fourth-order valence-corrected chi connectivity index (χ4v) is 1.18. The third kappa shape index (κ3) is 1.88. The molecule has 0 unspecified atom stereocenters. The summed E-state index contributed by atoms with van der Waals surface area (Å²) in [7, 11) is 1.70. The van der Waals surface area contributed by atoms with Crippen LogP contribution in [0, 0.1) is 6.92 Å². The molecule has 0 aromatic heterocycles. The van der Waals surface area contributed by atoms with Crippen LogP contribution in [-0.4, -0.2) is 7.11 Å². The quantitative estimate of drug-likeness (QED) is 0.621. The van der Waals surface area contributed by atoms with Gasteiger partial charge in [0.25, 0.3) is 0 Å². The molecular formula is C11H14O. The van der Waals surface area contributed by atoms with E-state index in [1.165, 1.54) is 11.1 Å². The number of rotatable bonds is 3. The molecule has 0 aliphatic heterocycles. The fourth-order valence-electron chi connectivity index (χ4n) is 1.18. The Bertz CT molecular complexity index is 276. The second-order valence-electron chi connectivity index (χ2n) is 2.81. The van der Waals surface area contributed by atoms with Gasteiger partial charge < -0.3 is 4.74 Å². The average Bonchev–Trinajstić information content (AvgIpc) is 2.08. The first kappa shape index (κ1) is 8.85. The van der Waals surface area contributed by atoms with Gasteiger partial charge >= 0.3 is 0 Å². The van der Waals surface area contributed by atoms with Crippen LogP contribution in [0.2, 0.25) is 0 Å². The van der Waals surface area contributed by atoms with E-state index < -0.39 is 0 Å². The lowest BCUT2D eigenvalue weighted by Crippen LogP contribution is -1.90. The average molecular weight is 162 g/mol. The van der Waals surface area contributed by atoms with Crippen molar-refractivity contribution in [3.8, 4) is 5.75 Å². The van der Waals surface area contributed by atoms with Crippen molar-refractivity contribution in [2.24, 2.45) is 0 Å². The van der Waals surface area contributed by atoms with E-state index in [0.717, 1.165) is 12.2 Å². The molecule has 1 aromatic rings. The predicted molar refractivity (Wildman–Crippen MR) is 51.6 cm³/mol. The second kappa shape index (κ2) is 3.96. The minimum Gasteiger partial charge on any atom is -0.496 e. The summed E-state index contributed by atoms with van der Waals surface area (Å²) in [6.07, 6.45) is 2.75. The molecule has 64 valence electrons. The first-order valence-corrected chi connectivity index (χ1v) is 4.02. The zero-order chi connectivity index (χ0) is 8.97. The molecule has 1 heteroatoms. The number of aryl methyl sites for hydroxylation is 1. The molecule has 1 rings (SSSR count). The van der Waals surface area contributed by atoms with Gasteiger partial charge in [-0.3, -0.25) is 0 Å². The van der Waals surface area contributed by atoms with E-state index in [0.29, 0.717) is 0 Å². The molecule has 0 amide bonds. The van der Waals surface area contributed by atoms with Gasteiger partial charge in [-0.1, -0.05) is 18.2 Å². The maximum atomic E-state index is 5.23. The highest BCUT2D eigenvalue weighted by atomic mass is 16.5. The lowest BCUT2D eigenvalue weighted by atomic mass is 10.1. The van der Waals surface area contributed by atoms with Crippen LogP contribution in [0.15, 0.2) is 30.9 Å². The van der Waals surface area contributed by atoms with E-state index in [1.807, 2.05) is 12.1 Å². The first-order chi connectivity index (χ1) is 5.77. The molecule has 1 aromatic carbocycles. The topological polar surface area (TPSA) is 9.23 Å². The summed E-state index contributed by atoms with van der Waals surface area (Å²) in [6, 6.07) is 6.20. The normalized spacial score (nSPS) is 9.50. The van der Waals surface area contributed by atoms with E-state index in [-0.39, 0.29) is 0 Å². The summed E-state index contributed by atoms with van der Waals surface area (Å²) < 4.78 is 5.23. The van der Waals surface area contributed by atoms with Crippen LogP contribution in [0.3, 0.4) is 0 Å². The Kier molecular flexibility index (Phi) is 2.92. The molecule has 0 radical (unpaired) electrons. The monoisotopic (exact) mass is 162 g/mol. The Morgan fingerprint density at radius 3 is 2.83 bits per heavy atom. The highest BCUT2D eigenvalue weighted by Gasteiger charge is 1.99. The maximum Gasteiger partial charge on any atom is 0.122 e. The van der Waals surface area contributed by atoms with Gasteiger partial charge in [-0.15, -0.1) is 6.58 Å². The van der Waals surface area contributed by atoms with Crippen molar-refractivity contribution in [2.45, 2.75) is 13.3 Å². The summed E-state index contributed by atoms with van der Waals surface area (Å²) in [6.45, 7) is 5.75. The molecule has 0 saturated heterocycles. The number of hydrogen-bond acceptors (Lipinski definition) is 1. The van der Waals surface area contributed by atoms with Gasteiger partial charge in [0, 0.05) is 0 Å². The zero-order valence-corrected chi connectivity index (χ0v) is 7.63. The number of methoxy groups -OCH3 is 1. The standard InChI is InChI=1S/C11H14O/c1-4-5-10-7-6-9(2)8-11(10)12-3/h4,6-8H,1,5H2,2-3H3. The molecule has 0 fully saturated rings. The van der Waals surface area contributed by atoms with Crippen LogP contribution in [-0.2, 0) is 6.42 Å². The van der Waals surface area contributed by atoms with Crippen LogP contribution < -0.4 is 4.74 Å². The van der Waals surface area contributed by atoms with Gasteiger partial charge in [-0.25, -0.2) is 0 Å². The molecule has 0 heterocycles. The van der Waals surface area contributed by atoms with Crippen molar-refractivity contribution in [3.63, 3.8) is 0 Å². The zero-order valence-electron chi connectivity index (χ0n) is 7.63. The van der Waals surface area contributed by atoms with Gasteiger partial charge in [-0.05, 0) is 30.5 Å². The third-order valence-corrected chi connectivity index (χ3v) is 1.81. The van der Waals surface area contributed by atoms with Crippen molar-refractivity contribution in [1.29, 1.82) is 0 Å². The SMILES string of the molecule is C=CCc1ccc(C)cc1OC. The van der Waals surface area contributed by atoms with Crippen LogP contribution in [0.1, 0.15) is 11.1 Å². The maximum absolute atomic E-state index is 5.23. The highest BCUT2D eigenvalue weighted by Crippen LogP contribution is 2.20. The van der Waals surface area contributed by atoms with E-state index in [4.69, 9.17) is 4.74 Å².